The van der Waals surface area contributed by atoms with Gasteiger partial charge in [-0.2, -0.15) is 0 Å². The number of imide groups is 1. The fourth-order valence-electron chi connectivity index (χ4n) is 1.47. The van der Waals surface area contributed by atoms with Crippen LogP contribution in [0.25, 0.3) is 0 Å². The molecule has 2 amide bonds. The highest BCUT2D eigenvalue weighted by molar-refractivity contribution is 6.21. The van der Waals surface area contributed by atoms with Gasteiger partial charge < -0.3 is 9.94 Å². The first-order valence-corrected chi connectivity index (χ1v) is 3.88. The summed E-state index contributed by atoms with van der Waals surface area (Å²) in [5.74, 6) is -3.08. The van der Waals surface area contributed by atoms with Crippen LogP contribution in [0.2, 0.25) is 0 Å². The number of amides is 2. The van der Waals surface area contributed by atoms with Crippen LogP contribution in [-0.2, 0) is 19.2 Å². The van der Waals surface area contributed by atoms with Gasteiger partial charge in [0.2, 0.25) is 12.0 Å². The van der Waals surface area contributed by atoms with Gasteiger partial charge in [0, 0.05) is 0 Å². The minimum absolute atomic E-state index is 0.0888. The van der Waals surface area contributed by atoms with Gasteiger partial charge in [-0.25, -0.2) is 0 Å². The molecule has 7 heteroatoms. The first-order chi connectivity index (χ1) is 6.59. The Kier molecular flexibility index (Phi) is 1.73. The van der Waals surface area contributed by atoms with E-state index in [9.17, 15) is 14.4 Å². The molecule has 14 heavy (non-hydrogen) atoms. The Bertz CT molecular complexity index is 361. The molecule has 2 aliphatic heterocycles. The van der Waals surface area contributed by atoms with Crippen molar-refractivity contribution in [1.82, 2.24) is 5.32 Å². The molecule has 2 aliphatic rings. The zero-order valence-corrected chi connectivity index (χ0v) is 6.89. The van der Waals surface area contributed by atoms with E-state index < -0.39 is 29.8 Å². The summed E-state index contributed by atoms with van der Waals surface area (Å²) in [7, 11) is 0. The molecule has 7 nitrogen and oxygen atoms in total. The lowest BCUT2D eigenvalue weighted by molar-refractivity contribution is -0.135. The second-order valence-electron chi connectivity index (χ2n) is 3.01. The maximum atomic E-state index is 11.2. The van der Waals surface area contributed by atoms with E-state index in [2.05, 4.69) is 9.99 Å². The SMILES string of the molecule is O=C(O)CC1=NOC2C(=O)NC(=O)C12. The van der Waals surface area contributed by atoms with Crippen LogP contribution < -0.4 is 5.32 Å². The highest BCUT2D eigenvalue weighted by Crippen LogP contribution is 2.25. The number of rotatable bonds is 2. The van der Waals surface area contributed by atoms with E-state index in [0.717, 1.165) is 0 Å². The standard InChI is InChI=1S/C7H6N2O5/c10-3(11)1-2-4-5(14-9-2)7(13)8-6(4)12/h4-5H,1H2,(H,10,11)(H,8,12,13). The number of carboxylic acid groups (broad SMARTS) is 1. The van der Waals surface area contributed by atoms with Crippen LogP contribution in [-0.4, -0.2) is 34.7 Å². The van der Waals surface area contributed by atoms with Gasteiger partial charge in [-0.1, -0.05) is 5.16 Å². The molecule has 0 aliphatic carbocycles. The number of hydrogen-bond acceptors (Lipinski definition) is 5. The van der Waals surface area contributed by atoms with E-state index in [1.807, 2.05) is 5.32 Å². The van der Waals surface area contributed by atoms with Crippen molar-refractivity contribution in [3.05, 3.63) is 0 Å². The van der Waals surface area contributed by atoms with Gasteiger partial charge >= 0.3 is 5.97 Å². The Balaban J connectivity index is 2.20. The molecule has 2 atom stereocenters. The fourth-order valence-corrected chi connectivity index (χ4v) is 1.47. The fraction of sp³-hybridized carbons (Fsp3) is 0.429. The predicted molar refractivity (Wildman–Crippen MR) is 41.2 cm³/mol. The summed E-state index contributed by atoms with van der Waals surface area (Å²) >= 11 is 0. The lowest BCUT2D eigenvalue weighted by Crippen LogP contribution is -2.27. The summed E-state index contributed by atoms with van der Waals surface area (Å²) in [5.41, 5.74) is 0.0888. The second-order valence-corrected chi connectivity index (χ2v) is 3.01. The number of carboxylic acids is 1. The van der Waals surface area contributed by atoms with E-state index in [1.54, 1.807) is 0 Å². The van der Waals surface area contributed by atoms with Crippen molar-refractivity contribution in [3.63, 3.8) is 0 Å². The van der Waals surface area contributed by atoms with Gasteiger partial charge in [0.05, 0.1) is 12.1 Å². The molecule has 2 N–H and O–H groups in total. The molecule has 0 aromatic rings. The third-order valence-electron chi connectivity index (χ3n) is 2.06. The van der Waals surface area contributed by atoms with Crippen LogP contribution in [0.1, 0.15) is 6.42 Å². The highest BCUT2D eigenvalue weighted by Gasteiger charge is 2.50. The predicted octanol–water partition coefficient (Wildman–Crippen LogP) is -1.51. The summed E-state index contributed by atoms with van der Waals surface area (Å²) in [5, 5.41) is 14.0. The Morgan fingerprint density at radius 3 is 2.86 bits per heavy atom. The normalized spacial score (nSPS) is 29.3. The van der Waals surface area contributed by atoms with Crippen molar-refractivity contribution < 1.29 is 24.3 Å². The van der Waals surface area contributed by atoms with Crippen molar-refractivity contribution in [3.8, 4) is 0 Å². The van der Waals surface area contributed by atoms with E-state index in [0.29, 0.717) is 0 Å². The summed E-state index contributed by atoms with van der Waals surface area (Å²) in [4.78, 5) is 37.2. The number of aliphatic carboxylic acids is 1. The van der Waals surface area contributed by atoms with Crippen molar-refractivity contribution in [1.29, 1.82) is 0 Å². The Morgan fingerprint density at radius 1 is 1.50 bits per heavy atom. The molecular weight excluding hydrogens is 192 g/mol. The zero-order chi connectivity index (χ0) is 10.3. The molecule has 1 saturated heterocycles. The summed E-state index contributed by atoms with van der Waals surface area (Å²) in [6.07, 6.45) is -1.36. The smallest absolute Gasteiger partial charge is 0.309 e. The number of nitrogens with zero attached hydrogens (tertiary/aromatic N) is 1. The zero-order valence-electron chi connectivity index (χ0n) is 6.89. The maximum Gasteiger partial charge on any atom is 0.309 e. The quantitative estimate of drug-likeness (QED) is 0.524. The summed E-state index contributed by atoms with van der Waals surface area (Å²) in [6.45, 7) is 0. The van der Waals surface area contributed by atoms with Gasteiger partial charge in [-0.15, -0.1) is 0 Å². The van der Waals surface area contributed by atoms with E-state index >= 15 is 0 Å². The topological polar surface area (TPSA) is 105 Å². The van der Waals surface area contributed by atoms with Gasteiger partial charge in [0.15, 0.2) is 0 Å². The van der Waals surface area contributed by atoms with E-state index in [-0.39, 0.29) is 12.1 Å². The van der Waals surface area contributed by atoms with Gasteiger partial charge in [0.25, 0.3) is 5.91 Å². The minimum atomic E-state index is -1.11. The van der Waals surface area contributed by atoms with Crippen LogP contribution in [0.15, 0.2) is 5.16 Å². The molecular formula is C7H6N2O5. The third-order valence-corrected chi connectivity index (χ3v) is 2.06. The Morgan fingerprint density at radius 2 is 2.21 bits per heavy atom. The lowest BCUT2D eigenvalue weighted by Gasteiger charge is -2.01. The highest BCUT2D eigenvalue weighted by atomic mass is 16.6. The number of oxime groups is 1. The lowest BCUT2D eigenvalue weighted by atomic mass is 9.98. The molecule has 2 unspecified atom stereocenters. The van der Waals surface area contributed by atoms with Crippen LogP contribution in [0.3, 0.4) is 0 Å². The van der Waals surface area contributed by atoms with Crippen molar-refractivity contribution in [2.24, 2.45) is 11.1 Å². The number of fused-ring (bicyclic) bond motifs is 1. The molecule has 2 heterocycles. The summed E-state index contributed by atoms with van der Waals surface area (Å²) < 4.78 is 0. The Hall–Kier alpha value is -1.92. The first-order valence-electron chi connectivity index (χ1n) is 3.88. The number of hydrogen-bond donors (Lipinski definition) is 2. The monoisotopic (exact) mass is 198 g/mol. The molecule has 74 valence electrons. The van der Waals surface area contributed by atoms with Crippen LogP contribution in [0.5, 0.6) is 0 Å². The number of carbonyl (C=O) groups excluding carboxylic acids is 2. The molecule has 0 aromatic carbocycles. The van der Waals surface area contributed by atoms with Gasteiger partial charge in [-0.05, 0) is 0 Å². The maximum absolute atomic E-state index is 11.2. The third kappa shape index (κ3) is 1.13. The molecule has 0 spiro atoms. The largest absolute Gasteiger partial charge is 0.481 e. The number of nitrogens with one attached hydrogen (secondary N) is 1. The molecule has 0 bridgehead atoms. The molecule has 0 radical (unpaired) electrons. The number of carbonyl (C=O) groups is 3. The first kappa shape index (κ1) is 8.67. The van der Waals surface area contributed by atoms with Gasteiger partial charge in [-0.3, -0.25) is 19.7 Å². The molecule has 0 saturated carbocycles. The summed E-state index contributed by atoms with van der Waals surface area (Å²) in [6, 6.07) is 0. The van der Waals surface area contributed by atoms with Crippen LogP contribution >= 0.6 is 0 Å². The average Bonchev–Trinajstić information content (AvgIpc) is 2.56. The molecule has 2 rings (SSSR count). The van der Waals surface area contributed by atoms with Crippen molar-refractivity contribution in [2.75, 3.05) is 0 Å². The Labute approximate surface area is 77.7 Å². The minimum Gasteiger partial charge on any atom is -0.481 e. The van der Waals surface area contributed by atoms with E-state index in [4.69, 9.17) is 5.11 Å². The van der Waals surface area contributed by atoms with Crippen molar-refractivity contribution in [2.45, 2.75) is 12.5 Å². The van der Waals surface area contributed by atoms with Gasteiger partial charge in [0.1, 0.15) is 5.92 Å². The average molecular weight is 198 g/mol. The van der Waals surface area contributed by atoms with Crippen molar-refractivity contribution >= 4 is 23.5 Å². The van der Waals surface area contributed by atoms with Crippen LogP contribution in [0.4, 0.5) is 0 Å². The second kappa shape index (κ2) is 2.79. The van der Waals surface area contributed by atoms with E-state index in [1.165, 1.54) is 0 Å². The molecule has 0 aromatic heterocycles. The van der Waals surface area contributed by atoms with Crippen LogP contribution in [0, 0.1) is 5.92 Å². The molecule has 1 fully saturated rings.